The Balaban J connectivity index is 1.63. The Morgan fingerprint density at radius 1 is 1.14 bits per heavy atom. The standard InChI is InChI=1S/C24H31N9O3S/c1-15-13-19(31-30-15)27-22-21(36-4)23(33-11-9-32(10-12-33)20(35)14-25-3)29-24(28-22)37-18-7-5-17(6-8-18)26-16(2)34/h5-8,13,25H,9-12,14H2,1-4H3,(H,26,34)(H2,27,28,29,30,31). The number of nitrogens with zero attached hydrogens (tertiary/aromatic N) is 5. The van der Waals surface area contributed by atoms with Crippen LogP contribution in [0.25, 0.3) is 0 Å². The Hall–Kier alpha value is -3.84. The summed E-state index contributed by atoms with van der Waals surface area (Å²) in [7, 11) is 3.35. The van der Waals surface area contributed by atoms with Gasteiger partial charge in [-0.1, -0.05) is 0 Å². The van der Waals surface area contributed by atoms with E-state index in [1.165, 1.54) is 18.7 Å². The molecule has 0 spiro atoms. The van der Waals surface area contributed by atoms with Crippen molar-refractivity contribution in [3.8, 4) is 5.75 Å². The van der Waals surface area contributed by atoms with Gasteiger partial charge in [0.2, 0.25) is 17.6 Å². The Bertz CT molecular complexity index is 1240. The minimum Gasteiger partial charge on any atom is -0.490 e. The Labute approximate surface area is 219 Å². The van der Waals surface area contributed by atoms with Gasteiger partial charge in [0.05, 0.1) is 13.7 Å². The van der Waals surface area contributed by atoms with Crippen molar-refractivity contribution in [3.05, 3.63) is 36.0 Å². The molecule has 1 aromatic carbocycles. The fourth-order valence-corrected chi connectivity index (χ4v) is 4.65. The number of benzene rings is 1. The molecular weight excluding hydrogens is 494 g/mol. The number of aryl methyl sites for hydroxylation is 1. The van der Waals surface area contributed by atoms with E-state index in [4.69, 9.17) is 14.7 Å². The Morgan fingerprint density at radius 2 is 1.86 bits per heavy atom. The summed E-state index contributed by atoms with van der Waals surface area (Å²) in [6.45, 7) is 6.10. The highest BCUT2D eigenvalue weighted by molar-refractivity contribution is 7.99. The first kappa shape index (κ1) is 26.2. The zero-order chi connectivity index (χ0) is 26.4. The first-order valence-corrected chi connectivity index (χ1v) is 12.7. The van der Waals surface area contributed by atoms with E-state index < -0.39 is 0 Å². The van der Waals surface area contributed by atoms with Gasteiger partial charge in [-0.05, 0) is 50.0 Å². The first-order valence-electron chi connectivity index (χ1n) is 11.8. The molecule has 3 aromatic rings. The number of nitrogens with one attached hydrogen (secondary N) is 4. The normalized spacial score (nSPS) is 13.4. The molecule has 0 saturated carbocycles. The van der Waals surface area contributed by atoms with Gasteiger partial charge in [-0.25, -0.2) is 9.97 Å². The largest absolute Gasteiger partial charge is 0.490 e. The van der Waals surface area contributed by atoms with Crippen molar-refractivity contribution in [2.75, 3.05) is 62.4 Å². The van der Waals surface area contributed by atoms with Crippen molar-refractivity contribution >= 4 is 46.7 Å². The summed E-state index contributed by atoms with van der Waals surface area (Å²) in [6.07, 6.45) is 0. The molecule has 0 atom stereocenters. The SMILES string of the molecule is CNCC(=O)N1CCN(c2nc(Sc3ccc(NC(C)=O)cc3)nc(Nc3cc(C)[nH]n3)c2OC)CC1. The fourth-order valence-electron chi connectivity index (χ4n) is 3.90. The number of likely N-dealkylation sites (N-methyl/N-ethyl adjacent to an activating group) is 1. The monoisotopic (exact) mass is 525 g/mol. The Morgan fingerprint density at radius 3 is 2.46 bits per heavy atom. The summed E-state index contributed by atoms with van der Waals surface area (Å²) in [5.41, 5.74) is 1.63. The van der Waals surface area contributed by atoms with Crippen LogP contribution in [0.15, 0.2) is 40.4 Å². The molecule has 2 aromatic heterocycles. The highest BCUT2D eigenvalue weighted by Crippen LogP contribution is 2.38. The molecule has 1 fully saturated rings. The summed E-state index contributed by atoms with van der Waals surface area (Å²) in [5, 5.41) is 16.6. The van der Waals surface area contributed by atoms with Crippen molar-refractivity contribution in [2.24, 2.45) is 0 Å². The van der Waals surface area contributed by atoms with Gasteiger partial charge >= 0.3 is 0 Å². The van der Waals surface area contributed by atoms with Crippen molar-refractivity contribution in [2.45, 2.75) is 23.9 Å². The second-order valence-corrected chi connectivity index (χ2v) is 9.52. The van der Waals surface area contributed by atoms with Crippen molar-refractivity contribution in [3.63, 3.8) is 0 Å². The number of anilines is 4. The molecule has 0 radical (unpaired) electrons. The third kappa shape index (κ3) is 6.68. The van der Waals surface area contributed by atoms with Crippen LogP contribution in [0.1, 0.15) is 12.6 Å². The molecule has 1 aliphatic heterocycles. The lowest BCUT2D eigenvalue weighted by atomic mass is 10.3. The summed E-state index contributed by atoms with van der Waals surface area (Å²) in [4.78, 5) is 38.1. The molecule has 0 aliphatic carbocycles. The lowest BCUT2D eigenvalue weighted by molar-refractivity contribution is -0.130. The predicted octanol–water partition coefficient (Wildman–Crippen LogP) is 2.24. The quantitative estimate of drug-likeness (QED) is 0.307. The third-order valence-electron chi connectivity index (χ3n) is 5.63. The highest BCUT2D eigenvalue weighted by atomic mass is 32.2. The second kappa shape index (κ2) is 11.9. The van der Waals surface area contributed by atoms with Crippen LogP contribution < -0.4 is 25.6 Å². The van der Waals surface area contributed by atoms with Crippen LogP contribution >= 0.6 is 11.8 Å². The maximum atomic E-state index is 12.3. The highest BCUT2D eigenvalue weighted by Gasteiger charge is 2.26. The molecule has 1 saturated heterocycles. The number of carbonyl (C=O) groups is 2. The number of aromatic amines is 1. The van der Waals surface area contributed by atoms with E-state index in [1.54, 1.807) is 14.2 Å². The van der Waals surface area contributed by atoms with Crippen LogP contribution in [0.2, 0.25) is 0 Å². The first-order chi connectivity index (χ1) is 17.9. The number of methoxy groups -OCH3 is 1. The second-order valence-electron chi connectivity index (χ2n) is 8.48. The zero-order valence-corrected chi connectivity index (χ0v) is 22.1. The van der Waals surface area contributed by atoms with Crippen LogP contribution in [-0.4, -0.2) is 83.8 Å². The van der Waals surface area contributed by atoms with E-state index in [1.807, 2.05) is 42.2 Å². The average Bonchev–Trinajstić information content (AvgIpc) is 3.29. The molecule has 196 valence electrons. The number of carbonyl (C=O) groups excluding carboxylic acids is 2. The van der Waals surface area contributed by atoms with Crippen molar-refractivity contribution in [1.82, 2.24) is 30.4 Å². The number of ether oxygens (including phenoxy) is 1. The molecule has 2 amide bonds. The molecule has 12 nitrogen and oxygen atoms in total. The molecular formula is C24H31N9O3S. The predicted molar refractivity (Wildman–Crippen MR) is 143 cm³/mol. The van der Waals surface area contributed by atoms with Gasteiger partial charge in [-0.15, -0.1) is 0 Å². The molecule has 0 bridgehead atoms. The third-order valence-corrected chi connectivity index (χ3v) is 6.50. The van der Waals surface area contributed by atoms with E-state index >= 15 is 0 Å². The smallest absolute Gasteiger partial charge is 0.236 e. The number of hydrogen-bond acceptors (Lipinski definition) is 10. The lowest BCUT2D eigenvalue weighted by Gasteiger charge is -2.36. The average molecular weight is 526 g/mol. The summed E-state index contributed by atoms with van der Waals surface area (Å²) in [5.74, 6) is 2.20. The van der Waals surface area contributed by atoms with Crippen LogP contribution in [0.5, 0.6) is 5.75 Å². The van der Waals surface area contributed by atoms with Gasteiger partial charge in [-0.3, -0.25) is 14.7 Å². The van der Waals surface area contributed by atoms with E-state index in [2.05, 4.69) is 31.0 Å². The van der Waals surface area contributed by atoms with E-state index in [9.17, 15) is 9.59 Å². The summed E-state index contributed by atoms with van der Waals surface area (Å²) in [6, 6.07) is 9.35. The molecule has 37 heavy (non-hydrogen) atoms. The van der Waals surface area contributed by atoms with Gasteiger partial charge in [0, 0.05) is 55.4 Å². The maximum absolute atomic E-state index is 12.3. The van der Waals surface area contributed by atoms with E-state index in [0.717, 1.165) is 16.3 Å². The fraction of sp³-hybridized carbons (Fsp3) is 0.375. The molecule has 0 unspecified atom stereocenters. The lowest BCUT2D eigenvalue weighted by Crippen LogP contribution is -2.51. The molecule has 3 heterocycles. The van der Waals surface area contributed by atoms with Crippen molar-refractivity contribution < 1.29 is 14.3 Å². The number of amides is 2. The van der Waals surface area contributed by atoms with Crippen LogP contribution in [0.4, 0.5) is 23.1 Å². The maximum Gasteiger partial charge on any atom is 0.236 e. The number of hydrogen-bond donors (Lipinski definition) is 4. The van der Waals surface area contributed by atoms with Crippen LogP contribution in [-0.2, 0) is 9.59 Å². The number of rotatable bonds is 9. The minimum atomic E-state index is -0.124. The van der Waals surface area contributed by atoms with Crippen LogP contribution in [0, 0.1) is 6.92 Å². The topological polar surface area (TPSA) is 140 Å². The zero-order valence-electron chi connectivity index (χ0n) is 21.3. The van der Waals surface area contributed by atoms with Crippen molar-refractivity contribution in [1.29, 1.82) is 0 Å². The molecule has 1 aliphatic rings. The van der Waals surface area contributed by atoms with Crippen LogP contribution in [0.3, 0.4) is 0 Å². The summed E-state index contributed by atoms with van der Waals surface area (Å²) >= 11 is 1.40. The number of piperazine rings is 1. The van der Waals surface area contributed by atoms with Gasteiger partial charge in [-0.2, -0.15) is 5.10 Å². The number of H-pyrrole nitrogens is 1. The summed E-state index contributed by atoms with van der Waals surface area (Å²) < 4.78 is 5.77. The molecule has 4 rings (SSSR count). The van der Waals surface area contributed by atoms with E-state index in [-0.39, 0.29) is 11.8 Å². The Kier molecular flexibility index (Phi) is 8.46. The van der Waals surface area contributed by atoms with E-state index in [0.29, 0.717) is 61.1 Å². The number of aromatic nitrogens is 4. The van der Waals surface area contributed by atoms with Gasteiger partial charge in [0.25, 0.3) is 0 Å². The van der Waals surface area contributed by atoms with Gasteiger partial charge < -0.3 is 30.5 Å². The van der Waals surface area contributed by atoms with Gasteiger partial charge in [0.1, 0.15) is 0 Å². The molecule has 13 heteroatoms. The van der Waals surface area contributed by atoms with Gasteiger partial charge in [0.15, 0.2) is 22.6 Å². The minimum absolute atomic E-state index is 0.0759. The molecule has 4 N–H and O–H groups in total.